The quantitative estimate of drug-likeness (QED) is 0.757. The third-order valence-corrected chi connectivity index (χ3v) is 4.55. The fourth-order valence-electron chi connectivity index (χ4n) is 1.68. The molecule has 0 bridgehead atoms. The second kappa shape index (κ2) is 4.43. The van der Waals surface area contributed by atoms with Gasteiger partial charge in [-0.1, -0.05) is 23.8 Å². The van der Waals surface area contributed by atoms with E-state index >= 15 is 0 Å². The minimum Gasteiger partial charge on any atom is -0.298 e. The Morgan fingerprint density at radius 2 is 1.88 bits per heavy atom. The SMILES string of the molecule is Cc1ccc(S(=O)(=O)N2CC=C(C=O)C2)cc1. The number of carbonyl (C=O) groups excluding carboxylic acids is 1. The smallest absolute Gasteiger partial charge is 0.243 e. The summed E-state index contributed by atoms with van der Waals surface area (Å²) in [5.74, 6) is 0. The third kappa shape index (κ3) is 2.30. The first-order valence-electron chi connectivity index (χ1n) is 5.25. The molecule has 0 saturated carbocycles. The van der Waals surface area contributed by atoms with Gasteiger partial charge in [-0.15, -0.1) is 0 Å². The molecule has 0 amide bonds. The number of benzene rings is 1. The number of aryl methyl sites for hydroxylation is 1. The van der Waals surface area contributed by atoms with Gasteiger partial charge in [0.25, 0.3) is 0 Å². The number of rotatable bonds is 3. The van der Waals surface area contributed by atoms with Crippen LogP contribution in [0.2, 0.25) is 0 Å². The van der Waals surface area contributed by atoms with Crippen molar-refractivity contribution in [3.05, 3.63) is 41.5 Å². The van der Waals surface area contributed by atoms with Crippen molar-refractivity contribution in [1.29, 1.82) is 0 Å². The summed E-state index contributed by atoms with van der Waals surface area (Å²) >= 11 is 0. The second-order valence-corrected chi connectivity index (χ2v) is 5.95. The van der Waals surface area contributed by atoms with Crippen LogP contribution in [-0.4, -0.2) is 32.1 Å². The standard InChI is InChI=1S/C12H13NO3S/c1-10-2-4-12(5-3-10)17(15,16)13-7-6-11(8-13)9-14/h2-6,9H,7-8H2,1H3. The van der Waals surface area contributed by atoms with E-state index in [1.807, 2.05) is 6.92 Å². The van der Waals surface area contributed by atoms with Crippen molar-refractivity contribution in [2.75, 3.05) is 13.1 Å². The van der Waals surface area contributed by atoms with Gasteiger partial charge in [0.15, 0.2) is 0 Å². The summed E-state index contributed by atoms with van der Waals surface area (Å²) in [5, 5.41) is 0. The Kier molecular flexibility index (Phi) is 3.13. The molecule has 0 unspecified atom stereocenters. The first-order chi connectivity index (χ1) is 8.04. The van der Waals surface area contributed by atoms with Gasteiger partial charge in [-0.05, 0) is 19.1 Å². The van der Waals surface area contributed by atoms with Crippen LogP contribution in [0.4, 0.5) is 0 Å². The maximum absolute atomic E-state index is 12.2. The molecule has 1 heterocycles. The first kappa shape index (κ1) is 12.0. The zero-order chi connectivity index (χ0) is 12.5. The molecule has 0 saturated heterocycles. The van der Waals surface area contributed by atoms with E-state index in [4.69, 9.17) is 0 Å². The van der Waals surface area contributed by atoms with Crippen LogP contribution in [0.1, 0.15) is 5.56 Å². The number of sulfonamides is 1. The van der Waals surface area contributed by atoms with E-state index < -0.39 is 10.0 Å². The van der Waals surface area contributed by atoms with Crippen molar-refractivity contribution >= 4 is 16.3 Å². The van der Waals surface area contributed by atoms with Crippen LogP contribution >= 0.6 is 0 Å². The Morgan fingerprint density at radius 1 is 1.24 bits per heavy atom. The predicted molar refractivity (Wildman–Crippen MR) is 64.1 cm³/mol. The average Bonchev–Trinajstić information content (AvgIpc) is 2.78. The van der Waals surface area contributed by atoms with Gasteiger partial charge in [0, 0.05) is 18.7 Å². The van der Waals surface area contributed by atoms with Crippen molar-refractivity contribution in [2.45, 2.75) is 11.8 Å². The lowest BCUT2D eigenvalue weighted by atomic mass is 10.2. The van der Waals surface area contributed by atoms with E-state index in [0.29, 0.717) is 11.9 Å². The summed E-state index contributed by atoms with van der Waals surface area (Å²) in [6, 6.07) is 6.70. The molecule has 0 N–H and O–H groups in total. The molecular formula is C12H13NO3S. The largest absolute Gasteiger partial charge is 0.298 e. The van der Waals surface area contributed by atoms with Crippen molar-refractivity contribution in [1.82, 2.24) is 4.31 Å². The molecule has 1 aliphatic heterocycles. The number of nitrogens with zero attached hydrogens (tertiary/aromatic N) is 1. The summed E-state index contributed by atoms with van der Waals surface area (Å²) in [7, 11) is -3.48. The third-order valence-electron chi connectivity index (χ3n) is 2.73. The fraction of sp³-hybridized carbons (Fsp3) is 0.250. The summed E-state index contributed by atoms with van der Waals surface area (Å²) in [5.41, 5.74) is 1.53. The van der Waals surface area contributed by atoms with Gasteiger partial charge < -0.3 is 0 Å². The Morgan fingerprint density at radius 3 is 2.41 bits per heavy atom. The van der Waals surface area contributed by atoms with Crippen LogP contribution in [-0.2, 0) is 14.8 Å². The second-order valence-electron chi connectivity index (χ2n) is 4.01. The molecule has 1 aliphatic rings. The maximum Gasteiger partial charge on any atom is 0.243 e. The van der Waals surface area contributed by atoms with E-state index in [9.17, 15) is 13.2 Å². The van der Waals surface area contributed by atoms with Crippen molar-refractivity contribution in [3.8, 4) is 0 Å². The van der Waals surface area contributed by atoms with Crippen molar-refractivity contribution < 1.29 is 13.2 Å². The number of carbonyl (C=O) groups is 1. The van der Waals surface area contributed by atoms with Gasteiger partial charge in [0.05, 0.1) is 4.90 Å². The van der Waals surface area contributed by atoms with Crippen LogP contribution in [0.3, 0.4) is 0 Å². The molecular weight excluding hydrogens is 238 g/mol. The van der Waals surface area contributed by atoms with Gasteiger partial charge in [0.2, 0.25) is 10.0 Å². The Bertz CT molecular complexity index is 558. The fourth-order valence-corrected chi connectivity index (χ4v) is 3.05. The van der Waals surface area contributed by atoms with E-state index in [1.165, 1.54) is 4.31 Å². The Hall–Kier alpha value is -1.46. The molecule has 0 fully saturated rings. The van der Waals surface area contributed by atoms with E-state index in [2.05, 4.69) is 0 Å². The molecule has 0 aliphatic carbocycles. The van der Waals surface area contributed by atoms with Gasteiger partial charge in [0.1, 0.15) is 6.29 Å². The average molecular weight is 251 g/mol. The van der Waals surface area contributed by atoms with E-state index in [0.717, 1.165) is 5.56 Å². The zero-order valence-electron chi connectivity index (χ0n) is 9.46. The van der Waals surface area contributed by atoms with Crippen molar-refractivity contribution in [2.24, 2.45) is 0 Å². The summed E-state index contributed by atoms with van der Waals surface area (Å²) in [6.45, 7) is 2.34. The molecule has 4 nitrogen and oxygen atoms in total. The van der Waals surface area contributed by atoms with Crippen LogP contribution in [0.5, 0.6) is 0 Å². The van der Waals surface area contributed by atoms with E-state index in [1.54, 1.807) is 30.3 Å². The highest BCUT2D eigenvalue weighted by molar-refractivity contribution is 7.89. The van der Waals surface area contributed by atoms with Crippen LogP contribution in [0.25, 0.3) is 0 Å². The molecule has 0 radical (unpaired) electrons. The number of hydrogen-bond donors (Lipinski definition) is 0. The van der Waals surface area contributed by atoms with Crippen LogP contribution in [0.15, 0.2) is 40.8 Å². The first-order valence-corrected chi connectivity index (χ1v) is 6.69. The Balaban J connectivity index is 2.26. The monoisotopic (exact) mass is 251 g/mol. The van der Waals surface area contributed by atoms with E-state index in [-0.39, 0.29) is 18.0 Å². The molecule has 0 aromatic heterocycles. The molecule has 2 rings (SSSR count). The molecule has 90 valence electrons. The summed E-state index contributed by atoms with van der Waals surface area (Å²) < 4.78 is 25.7. The lowest BCUT2D eigenvalue weighted by Crippen LogP contribution is -2.29. The molecule has 1 aromatic rings. The lowest BCUT2D eigenvalue weighted by molar-refractivity contribution is -0.104. The molecule has 5 heteroatoms. The molecule has 17 heavy (non-hydrogen) atoms. The molecule has 0 spiro atoms. The molecule has 1 aromatic carbocycles. The minimum absolute atomic E-state index is 0.166. The Labute approximate surface area is 101 Å². The highest BCUT2D eigenvalue weighted by Crippen LogP contribution is 2.20. The minimum atomic E-state index is -3.48. The highest BCUT2D eigenvalue weighted by Gasteiger charge is 2.27. The summed E-state index contributed by atoms with van der Waals surface area (Å²) in [6.07, 6.45) is 2.34. The van der Waals surface area contributed by atoms with Gasteiger partial charge in [-0.2, -0.15) is 4.31 Å². The van der Waals surface area contributed by atoms with Gasteiger partial charge in [-0.3, -0.25) is 4.79 Å². The highest BCUT2D eigenvalue weighted by atomic mass is 32.2. The van der Waals surface area contributed by atoms with Gasteiger partial charge >= 0.3 is 0 Å². The van der Waals surface area contributed by atoms with Gasteiger partial charge in [-0.25, -0.2) is 8.42 Å². The van der Waals surface area contributed by atoms with Crippen LogP contribution < -0.4 is 0 Å². The number of hydrogen-bond acceptors (Lipinski definition) is 3. The van der Waals surface area contributed by atoms with Crippen LogP contribution in [0, 0.1) is 6.92 Å². The normalized spacial score (nSPS) is 16.9. The predicted octanol–water partition coefficient (Wildman–Crippen LogP) is 1.12. The maximum atomic E-state index is 12.2. The number of aldehydes is 1. The lowest BCUT2D eigenvalue weighted by Gasteiger charge is -2.15. The van der Waals surface area contributed by atoms with Crippen molar-refractivity contribution in [3.63, 3.8) is 0 Å². The molecule has 0 atom stereocenters. The summed E-state index contributed by atoms with van der Waals surface area (Å²) in [4.78, 5) is 10.8. The topological polar surface area (TPSA) is 54.5 Å². The zero-order valence-corrected chi connectivity index (χ0v) is 10.3.